The first-order chi connectivity index (χ1) is 13.1. The van der Waals surface area contributed by atoms with Crippen molar-refractivity contribution in [2.45, 2.75) is 65.5 Å². The minimum absolute atomic E-state index is 0.0572. The van der Waals surface area contributed by atoms with Crippen LogP contribution in [0.1, 0.15) is 70.5 Å². The average molecular weight is 386 g/mol. The maximum absolute atomic E-state index is 13.1. The molecule has 2 aliphatic rings. The Morgan fingerprint density at radius 1 is 1.25 bits per heavy atom. The highest BCUT2D eigenvalue weighted by Crippen LogP contribution is 2.41. The first kappa shape index (κ1) is 20.6. The van der Waals surface area contributed by atoms with Crippen molar-refractivity contribution in [1.82, 2.24) is 4.90 Å². The van der Waals surface area contributed by atoms with Gasteiger partial charge in [-0.15, -0.1) is 0 Å². The molecule has 0 radical (unpaired) electrons. The minimum atomic E-state index is -0.695. The molecular weight excluding hydrogens is 354 g/mol. The van der Waals surface area contributed by atoms with Crippen LogP contribution in [0.15, 0.2) is 35.6 Å². The van der Waals surface area contributed by atoms with Gasteiger partial charge in [0.25, 0.3) is 5.91 Å². The normalized spacial score (nSPS) is 23.2. The Bertz CT molecular complexity index is 780. The van der Waals surface area contributed by atoms with Gasteiger partial charge in [0.2, 0.25) is 0 Å². The van der Waals surface area contributed by atoms with Crippen LogP contribution >= 0.6 is 0 Å². The molecule has 2 aliphatic heterocycles. The van der Waals surface area contributed by atoms with Crippen LogP contribution in [0.25, 0.3) is 0 Å². The number of nitrogens with zero attached hydrogens (tertiary/aromatic N) is 1. The van der Waals surface area contributed by atoms with Crippen LogP contribution < -0.4 is 0 Å². The molecule has 1 saturated heterocycles. The quantitative estimate of drug-likeness (QED) is 0.821. The molecule has 1 aromatic carbocycles. The predicted octanol–water partition coefficient (Wildman–Crippen LogP) is 4.30. The molecule has 1 amide bonds. The van der Waals surface area contributed by atoms with Crippen molar-refractivity contribution in [1.29, 1.82) is 0 Å². The molecule has 152 valence electrons. The van der Waals surface area contributed by atoms with Crippen molar-refractivity contribution in [3.05, 3.63) is 46.7 Å². The van der Waals surface area contributed by atoms with E-state index in [1.807, 2.05) is 45.0 Å². The fourth-order valence-electron chi connectivity index (χ4n) is 3.90. The third kappa shape index (κ3) is 3.86. The Hall–Kier alpha value is -2.14. The second kappa shape index (κ2) is 7.70. The molecule has 3 rings (SSSR count). The number of ketones is 1. The number of amides is 1. The van der Waals surface area contributed by atoms with Gasteiger partial charge in [0.1, 0.15) is 0 Å². The van der Waals surface area contributed by atoms with Gasteiger partial charge >= 0.3 is 0 Å². The van der Waals surface area contributed by atoms with Crippen molar-refractivity contribution >= 4 is 11.7 Å². The highest BCUT2D eigenvalue weighted by atomic mass is 16.5. The highest BCUT2D eigenvalue weighted by Gasteiger charge is 2.46. The zero-order valence-corrected chi connectivity index (χ0v) is 17.5. The number of aliphatic hydroxyl groups excluding tert-OH is 1. The van der Waals surface area contributed by atoms with Crippen LogP contribution in [0, 0.1) is 5.41 Å². The van der Waals surface area contributed by atoms with E-state index in [0.29, 0.717) is 19.1 Å². The summed E-state index contributed by atoms with van der Waals surface area (Å²) >= 11 is 0. The molecule has 2 unspecified atom stereocenters. The molecule has 28 heavy (non-hydrogen) atoms. The van der Waals surface area contributed by atoms with Crippen LogP contribution in [-0.2, 0) is 14.3 Å². The molecule has 0 saturated carbocycles. The Morgan fingerprint density at radius 2 is 1.89 bits per heavy atom. The third-order valence-electron chi connectivity index (χ3n) is 5.57. The number of rotatable bonds is 5. The van der Waals surface area contributed by atoms with E-state index < -0.39 is 23.1 Å². The van der Waals surface area contributed by atoms with Gasteiger partial charge in [0, 0.05) is 18.6 Å². The molecule has 1 fully saturated rings. The van der Waals surface area contributed by atoms with E-state index in [1.54, 1.807) is 4.90 Å². The Labute approximate surface area is 167 Å². The minimum Gasteiger partial charge on any atom is -0.503 e. The Balaban J connectivity index is 2.03. The molecule has 2 heterocycles. The maximum Gasteiger partial charge on any atom is 0.290 e. The monoisotopic (exact) mass is 385 g/mol. The van der Waals surface area contributed by atoms with Gasteiger partial charge < -0.3 is 14.7 Å². The zero-order valence-electron chi connectivity index (χ0n) is 17.5. The second-order valence-electron chi connectivity index (χ2n) is 9.16. The van der Waals surface area contributed by atoms with Gasteiger partial charge in [-0.3, -0.25) is 9.59 Å². The number of benzene rings is 1. The number of hydrogen-bond donors (Lipinski definition) is 1. The average Bonchev–Trinajstić information content (AvgIpc) is 3.23. The summed E-state index contributed by atoms with van der Waals surface area (Å²) in [6.07, 6.45) is 1.79. The lowest BCUT2D eigenvalue weighted by Crippen LogP contribution is -2.38. The number of carbonyl (C=O) groups excluding carboxylic acids is 2. The SMILES string of the molecule is CC(C)c1ccc(C2C(C(=O)C(C)(C)C)=C(O)C(=O)N2CC2CCCO2)cc1. The summed E-state index contributed by atoms with van der Waals surface area (Å²) in [6, 6.07) is 7.41. The van der Waals surface area contributed by atoms with Crippen molar-refractivity contribution in [3.8, 4) is 0 Å². The lowest BCUT2D eigenvalue weighted by atomic mass is 9.82. The molecule has 0 aliphatic carbocycles. The standard InChI is InChI=1S/C23H31NO4/c1-14(2)15-8-10-16(11-9-15)19-18(21(26)23(3,4)5)20(25)22(27)24(19)13-17-7-6-12-28-17/h8-11,14,17,19,25H,6-7,12-13H2,1-5H3. The fourth-order valence-corrected chi connectivity index (χ4v) is 3.90. The van der Waals surface area contributed by atoms with E-state index in [0.717, 1.165) is 18.4 Å². The summed E-state index contributed by atoms with van der Waals surface area (Å²) in [4.78, 5) is 27.6. The zero-order chi connectivity index (χ0) is 20.6. The molecule has 1 N–H and O–H groups in total. The van der Waals surface area contributed by atoms with Crippen molar-refractivity contribution in [3.63, 3.8) is 0 Å². The number of ether oxygens (including phenoxy) is 1. The van der Waals surface area contributed by atoms with E-state index in [9.17, 15) is 14.7 Å². The van der Waals surface area contributed by atoms with Crippen molar-refractivity contribution < 1.29 is 19.4 Å². The molecule has 2 atom stereocenters. The molecule has 0 aromatic heterocycles. The summed E-state index contributed by atoms with van der Waals surface area (Å²) in [5.41, 5.74) is 1.54. The molecular formula is C23H31NO4. The lowest BCUT2D eigenvalue weighted by Gasteiger charge is -2.30. The Kier molecular flexibility index (Phi) is 5.67. The van der Waals surface area contributed by atoms with Crippen LogP contribution in [0.4, 0.5) is 0 Å². The maximum atomic E-state index is 13.1. The van der Waals surface area contributed by atoms with Crippen LogP contribution in [0.2, 0.25) is 0 Å². The largest absolute Gasteiger partial charge is 0.503 e. The van der Waals surface area contributed by atoms with Gasteiger partial charge in [-0.2, -0.15) is 0 Å². The van der Waals surface area contributed by atoms with Crippen LogP contribution in [0.3, 0.4) is 0 Å². The number of carbonyl (C=O) groups is 2. The van der Waals surface area contributed by atoms with Gasteiger partial charge in [0.15, 0.2) is 11.5 Å². The fraction of sp³-hybridized carbons (Fsp3) is 0.565. The Morgan fingerprint density at radius 3 is 2.39 bits per heavy atom. The lowest BCUT2D eigenvalue weighted by molar-refractivity contribution is -0.131. The first-order valence-corrected chi connectivity index (χ1v) is 10.1. The van der Waals surface area contributed by atoms with E-state index in [-0.39, 0.29) is 17.5 Å². The van der Waals surface area contributed by atoms with E-state index in [1.165, 1.54) is 5.56 Å². The highest BCUT2D eigenvalue weighted by molar-refractivity contribution is 6.10. The summed E-state index contributed by atoms with van der Waals surface area (Å²) in [5.74, 6) is -0.718. The molecule has 0 bridgehead atoms. The van der Waals surface area contributed by atoms with Gasteiger partial charge in [-0.1, -0.05) is 58.9 Å². The van der Waals surface area contributed by atoms with E-state index >= 15 is 0 Å². The summed E-state index contributed by atoms with van der Waals surface area (Å²) in [6.45, 7) is 10.7. The van der Waals surface area contributed by atoms with Gasteiger partial charge in [-0.25, -0.2) is 0 Å². The molecule has 5 heteroatoms. The van der Waals surface area contributed by atoms with Crippen molar-refractivity contribution in [2.24, 2.45) is 5.41 Å². The second-order valence-corrected chi connectivity index (χ2v) is 9.16. The summed E-state index contributed by atoms with van der Waals surface area (Å²) in [7, 11) is 0. The van der Waals surface area contributed by atoms with Gasteiger partial charge in [0.05, 0.1) is 17.7 Å². The third-order valence-corrected chi connectivity index (χ3v) is 5.57. The van der Waals surface area contributed by atoms with E-state index in [4.69, 9.17) is 4.74 Å². The topological polar surface area (TPSA) is 66.8 Å². The molecule has 1 aromatic rings. The number of hydrogen-bond acceptors (Lipinski definition) is 4. The molecule has 5 nitrogen and oxygen atoms in total. The van der Waals surface area contributed by atoms with E-state index in [2.05, 4.69) is 13.8 Å². The van der Waals surface area contributed by atoms with Crippen LogP contribution in [0.5, 0.6) is 0 Å². The smallest absolute Gasteiger partial charge is 0.290 e. The number of aliphatic hydroxyl groups is 1. The first-order valence-electron chi connectivity index (χ1n) is 10.1. The number of Topliss-reactive ketones (excluding diaryl/α,β-unsaturated/α-hetero) is 1. The van der Waals surface area contributed by atoms with Gasteiger partial charge in [-0.05, 0) is 29.9 Å². The summed E-state index contributed by atoms with van der Waals surface area (Å²) < 4.78 is 5.72. The van der Waals surface area contributed by atoms with Crippen molar-refractivity contribution in [2.75, 3.05) is 13.2 Å². The molecule has 0 spiro atoms. The summed E-state index contributed by atoms with van der Waals surface area (Å²) in [5, 5.41) is 10.6. The predicted molar refractivity (Wildman–Crippen MR) is 108 cm³/mol. The van der Waals surface area contributed by atoms with Crippen LogP contribution in [-0.4, -0.2) is 41.0 Å².